The van der Waals surface area contributed by atoms with Crippen LogP contribution in [0.5, 0.6) is 11.5 Å². The molecule has 0 saturated carbocycles. The van der Waals surface area contributed by atoms with Crippen LogP contribution in [0.2, 0.25) is 0 Å². The number of rotatable bonds is 6. The summed E-state index contributed by atoms with van der Waals surface area (Å²) in [4.78, 5) is 2.56. The Hall–Kier alpha value is -2.04. The highest BCUT2D eigenvalue weighted by Crippen LogP contribution is 2.43. The lowest BCUT2D eigenvalue weighted by molar-refractivity contribution is -0.0191. The van der Waals surface area contributed by atoms with E-state index in [-0.39, 0.29) is 12.1 Å². The Morgan fingerprint density at radius 2 is 1.93 bits per heavy atom. The van der Waals surface area contributed by atoms with Crippen LogP contribution in [-0.4, -0.2) is 36.3 Å². The number of aliphatic hydroxyl groups excluding tert-OH is 1. The van der Waals surface area contributed by atoms with Gasteiger partial charge in [-0.3, -0.25) is 4.90 Å². The molecule has 1 fully saturated rings. The lowest BCUT2D eigenvalue weighted by atomic mass is 9.79. The number of fused-ring (bicyclic) bond motifs is 3. The fourth-order valence-corrected chi connectivity index (χ4v) is 4.94. The molecule has 0 radical (unpaired) electrons. The number of hydrogen-bond acceptors (Lipinski definition) is 4. The largest absolute Gasteiger partial charge is 0.493 e. The zero-order valence-corrected chi connectivity index (χ0v) is 17.8. The van der Waals surface area contributed by atoms with Crippen LogP contribution in [0.25, 0.3) is 0 Å². The van der Waals surface area contributed by atoms with Crippen LogP contribution in [0.1, 0.15) is 49.4 Å². The van der Waals surface area contributed by atoms with E-state index in [1.165, 1.54) is 11.1 Å². The average molecular weight is 396 g/mol. The van der Waals surface area contributed by atoms with Gasteiger partial charge >= 0.3 is 0 Å². The smallest absolute Gasteiger partial charge is 0.161 e. The second kappa shape index (κ2) is 8.76. The van der Waals surface area contributed by atoms with Crippen molar-refractivity contribution in [1.29, 1.82) is 0 Å². The normalized spacial score (nSPS) is 24.1. The summed E-state index contributed by atoms with van der Waals surface area (Å²) in [6.07, 6.45) is 2.68. The molecule has 156 valence electrons. The first-order valence-electron chi connectivity index (χ1n) is 10.8. The molecule has 1 saturated heterocycles. The van der Waals surface area contributed by atoms with Crippen molar-refractivity contribution in [2.45, 2.75) is 51.9 Å². The Balaban J connectivity index is 1.54. The standard InChI is InChI=1S/C25H33NO3/c1-17(2)11-20-15-26-10-9-19-12-25(29-16-18-7-5-4-6-8-18)24(28-3)13-21(19)22(26)14-23(20)27/h4-8,12-13,17,20,22-23,27H,9-11,14-16H2,1-3H3/t20-,22+,23-/m0/s1. The molecule has 2 aromatic rings. The van der Waals surface area contributed by atoms with Crippen LogP contribution in [0.4, 0.5) is 0 Å². The monoisotopic (exact) mass is 395 g/mol. The number of ether oxygens (including phenoxy) is 2. The number of aliphatic hydroxyl groups is 1. The van der Waals surface area contributed by atoms with Crippen molar-refractivity contribution in [3.63, 3.8) is 0 Å². The molecule has 0 spiro atoms. The molecular formula is C25H33NO3. The van der Waals surface area contributed by atoms with E-state index in [0.717, 1.165) is 49.4 Å². The predicted octanol–water partition coefficient (Wildman–Crippen LogP) is 4.60. The minimum Gasteiger partial charge on any atom is -0.493 e. The van der Waals surface area contributed by atoms with E-state index in [1.54, 1.807) is 7.11 Å². The molecule has 3 atom stereocenters. The van der Waals surface area contributed by atoms with Crippen molar-refractivity contribution in [2.75, 3.05) is 20.2 Å². The van der Waals surface area contributed by atoms with Gasteiger partial charge in [-0.1, -0.05) is 44.2 Å². The lowest BCUT2D eigenvalue weighted by Crippen LogP contribution is -2.48. The zero-order valence-electron chi connectivity index (χ0n) is 17.8. The zero-order chi connectivity index (χ0) is 20.4. The van der Waals surface area contributed by atoms with E-state index in [1.807, 2.05) is 18.2 Å². The minimum absolute atomic E-state index is 0.232. The number of benzene rings is 2. The summed E-state index contributed by atoms with van der Waals surface area (Å²) in [7, 11) is 1.70. The maximum Gasteiger partial charge on any atom is 0.161 e. The topological polar surface area (TPSA) is 41.9 Å². The predicted molar refractivity (Wildman–Crippen MR) is 115 cm³/mol. The van der Waals surface area contributed by atoms with E-state index in [9.17, 15) is 5.11 Å². The number of nitrogens with zero attached hydrogens (tertiary/aromatic N) is 1. The maximum absolute atomic E-state index is 10.8. The van der Waals surface area contributed by atoms with Gasteiger partial charge in [0.05, 0.1) is 13.2 Å². The molecule has 29 heavy (non-hydrogen) atoms. The molecule has 0 amide bonds. The Morgan fingerprint density at radius 1 is 1.14 bits per heavy atom. The quantitative estimate of drug-likeness (QED) is 0.776. The van der Waals surface area contributed by atoms with Gasteiger partial charge in [0.15, 0.2) is 11.5 Å². The summed E-state index contributed by atoms with van der Waals surface area (Å²) < 4.78 is 11.8. The van der Waals surface area contributed by atoms with Crippen LogP contribution in [0.3, 0.4) is 0 Å². The summed E-state index contributed by atoms with van der Waals surface area (Å²) in [5.41, 5.74) is 3.76. The van der Waals surface area contributed by atoms with E-state index in [2.05, 4.69) is 43.0 Å². The van der Waals surface area contributed by atoms with Crippen molar-refractivity contribution in [3.05, 3.63) is 59.2 Å². The van der Waals surface area contributed by atoms with Crippen molar-refractivity contribution in [3.8, 4) is 11.5 Å². The minimum atomic E-state index is -0.232. The fraction of sp³-hybridized carbons (Fsp3) is 0.520. The average Bonchev–Trinajstić information content (AvgIpc) is 2.72. The van der Waals surface area contributed by atoms with Gasteiger partial charge in [0.1, 0.15) is 6.61 Å². The van der Waals surface area contributed by atoms with E-state index in [0.29, 0.717) is 18.4 Å². The summed E-state index contributed by atoms with van der Waals surface area (Å²) >= 11 is 0. The number of hydrogen-bond donors (Lipinski definition) is 1. The Bertz CT molecular complexity index is 820. The van der Waals surface area contributed by atoms with E-state index < -0.39 is 0 Å². The van der Waals surface area contributed by atoms with Crippen molar-refractivity contribution < 1.29 is 14.6 Å². The summed E-state index contributed by atoms with van der Waals surface area (Å²) in [6, 6.07) is 14.8. The van der Waals surface area contributed by atoms with Gasteiger partial charge in [0, 0.05) is 19.1 Å². The molecule has 2 aliphatic heterocycles. The van der Waals surface area contributed by atoms with Crippen LogP contribution >= 0.6 is 0 Å². The SMILES string of the molecule is COc1cc2c(cc1OCc1ccccc1)CCN1C[C@H](CC(C)C)[C@@H](O)C[C@H]21. The van der Waals surface area contributed by atoms with Crippen molar-refractivity contribution in [1.82, 2.24) is 4.90 Å². The van der Waals surface area contributed by atoms with Gasteiger partial charge in [0.25, 0.3) is 0 Å². The number of methoxy groups -OCH3 is 1. The molecule has 0 aromatic heterocycles. The van der Waals surface area contributed by atoms with Gasteiger partial charge in [-0.15, -0.1) is 0 Å². The third kappa shape index (κ3) is 4.44. The highest BCUT2D eigenvalue weighted by Gasteiger charge is 2.38. The van der Waals surface area contributed by atoms with Crippen LogP contribution in [0, 0.1) is 11.8 Å². The fourth-order valence-electron chi connectivity index (χ4n) is 4.94. The molecule has 2 aliphatic rings. The summed E-state index contributed by atoms with van der Waals surface area (Å²) in [5, 5.41) is 10.8. The van der Waals surface area contributed by atoms with Crippen molar-refractivity contribution in [2.24, 2.45) is 11.8 Å². The van der Waals surface area contributed by atoms with Gasteiger partial charge < -0.3 is 14.6 Å². The van der Waals surface area contributed by atoms with Gasteiger partial charge in [-0.05, 0) is 59.9 Å². The molecule has 4 rings (SSSR count). The molecule has 1 N–H and O–H groups in total. The van der Waals surface area contributed by atoms with Crippen LogP contribution < -0.4 is 9.47 Å². The number of piperidine rings is 1. The first kappa shape index (κ1) is 20.2. The lowest BCUT2D eigenvalue weighted by Gasteiger charge is -2.46. The van der Waals surface area contributed by atoms with Crippen LogP contribution in [0.15, 0.2) is 42.5 Å². The molecule has 2 heterocycles. The third-order valence-electron chi connectivity index (χ3n) is 6.38. The first-order valence-corrected chi connectivity index (χ1v) is 10.8. The second-order valence-corrected chi connectivity index (χ2v) is 8.93. The van der Waals surface area contributed by atoms with Crippen molar-refractivity contribution >= 4 is 0 Å². The van der Waals surface area contributed by atoms with Gasteiger partial charge in [-0.2, -0.15) is 0 Å². The van der Waals surface area contributed by atoms with Gasteiger partial charge in [-0.25, -0.2) is 0 Å². The third-order valence-corrected chi connectivity index (χ3v) is 6.38. The second-order valence-electron chi connectivity index (χ2n) is 8.93. The molecule has 0 bridgehead atoms. The maximum atomic E-state index is 10.8. The Labute approximate surface area is 174 Å². The molecule has 0 unspecified atom stereocenters. The van der Waals surface area contributed by atoms with E-state index >= 15 is 0 Å². The molecule has 4 nitrogen and oxygen atoms in total. The van der Waals surface area contributed by atoms with Gasteiger partial charge in [0.2, 0.25) is 0 Å². The first-order chi connectivity index (χ1) is 14.0. The Kier molecular flexibility index (Phi) is 6.12. The molecule has 4 heteroatoms. The highest BCUT2D eigenvalue weighted by molar-refractivity contribution is 5.49. The Morgan fingerprint density at radius 3 is 2.66 bits per heavy atom. The highest BCUT2D eigenvalue weighted by atomic mass is 16.5. The summed E-state index contributed by atoms with van der Waals surface area (Å²) in [5.74, 6) is 2.58. The molecular weight excluding hydrogens is 362 g/mol. The van der Waals surface area contributed by atoms with E-state index in [4.69, 9.17) is 9.47 Å². The molecule has 0 aliphatic carbocycles. The molecule has 2 aromatic carbocycles. The summed E-state index contributed by atoms with van der Waals surface area (Å²) in [6.45, 7) is 7.04. The van der Waals surface area contributed by atoms with Crippen LogP contribution in [-0.2, 0) is 13.0 Å².